The standard InChI is InChI=1S/C12H15ClN2O2/c13-9-4-8(5-10(14)6-9)12(17)15-3-1-2-11(15)7-16/h4-6,11,16H,1-3,7,14H2. The van der Waals surface area contributed by atoms with Crippen LogP contribution in [0.2, 0.25) is 5.02 Å². The van der Waals surface area contributed by atoms with Crippen LogP contribution in [0.25, 0.3) is 0 Å². The normalized spacial score (nSPS) is 19.6. The van der Waals surface area contributed by atoms with E-state index in [2.05, 4.69) is 0 Å². The lowest BCUT2D eigenvalue weighted by atomic mass is 10.1. The molecule has 5 heteroatoms. The van der Waals surface area contributed by atoms with Crippen LogP contribution < -0.4 is 5.73 Å². The average molecular weight is 255 g/mol. The van der Waals surface area contributed by atoms with Crippen molar-refractivity contribution in [2.45, 2.75) is 18.9 Å². The van der Waals surface area contributed by atoms with Gasteiger partial charge in [0.2, 0.25) is 0 Å². The Morgan fingerprint density at radius 1 is 1.53 bits per heavy atom. The van der Waals surface area contributed by atoms with Crippen molar-refractivity contribution in [1.29, 1.82) is 0 Å². The third kappa shape index (κ3) is 2.53. The van der Waals surface area contributed by atoms with Crippen molar-refractivity contribution >= 4 is 23.2 Å². The van der Waals surface area contributed by atoms with Gasteiger partial charge in [-0.2, -0.15) is 0 Å². The Morgan fingerprint density at radius 2 is 2.29 bits per heavy atom. The summed E-state index contributed by atoms with van der Waals surface area (Å²) in [6.45, 7) is 0.679. The SMILES string of the molecule is Nc1cc(Cl)cc(C(=O)N2CCCC2CO)c1. The van der Waals surface area contributed by atoms with Crippen LogP contribution in [-0.4, -0.2) is 35.1 Å². The molecule has 1 heterocycles. The molecule has 0 aliphatic carbocycles. The van der Waals surface area contributed by atoms with Crippen molar-refractivity contribution in [3.8, 4) is 0 Å². The number of nitrogens with two attached hydrogens (primary N) is 1. The maximum absolute atomic E-state index is 12.2. The Bertz CT molecular complexity index is 416. The van der Waals surface area contributed by atoms with E-state index >= 15 is 0 Å². The zero-order valence-corrected chi connectivity index (χ0v) is 10.2. The number of rotatable bonds is 2. The van der Waals surface area contributed by atoms with Crippen LogP contribution in [0.1, 0.15) is 23.2 Å². The van der Waals surface area contributed by atoms with Crippen molar-refractivity contribution in [2.24, 2.45) is 0 Å². The van der Waals surface area contributed by atoms with Crippen molar-refractivity contribution in [2.75, 3.05) is 18.9 Å². The van der Waals surface area contributed by atoms with E-state index in [0.717, 1.165) is 12.8 Å². The Hall–Kier alpha value is -1.26. The Balaban J connectivity index is 2.24. The number of anilines is 1. The van der Waals surface area contributed by atoms with Crippen molar-refractivity contribution < 1.29 is 9.90 Å². The number of benzene rings is 1. The van der Waals surface area contributed by atoms with Gasteiger partial charge >= 0.3 is 0 Å². The predicted molar refractivity (Wildman–Crippen MR) is 67.0 cm³/mol. The fourth-order valence-electron chi connectivity index (χ4n) is 2.19. The van der Waals surface area contributed by atoms with Gasteiger partial charge in [0, 0.05) is 22.8 Å². The first-order valence-corrected chi connectivity index (χ1v) is 5.97. The van der Waals surface area contributed by atoms with Crippen LogP contribution >= 0.6 is 11.6 Å². The molecule has 0 bridgehead atoms. The number of carbonyl (C=O) groups is 1. The highest BCUT2D eigenvalue weighted by Gasteiger charge is 2.28. The molecular weight excluding hydrogens is 240 g/mol. The molecule has 2 rings (SSSR count). The largest absolute Gasteiger partial charge is 0.399 e. The molecule has 4 nitrogen and oxygen atoms in total. The van der Waals surface area contributed by atoms with Crippen LogP contribution in [0.15, 0.2) is 18.2 Å². The molecule has 0 radical (unpaired) electrons. The third-order valence-corrected chi connectivity index (χ3v) is 3.23. The van der Waals surface area contributed by atoms with E-state index in [1.54, 1.807) is 23.1 Å². The van der Waals surface area contributed by atoms with Crippen LogP contribution in [-0.2, 0) is 0 Å². The summed E-state index contributed by atoms with van der Waals surface area (Å²) in [5, 5.41) is 9.65. The molecule has 92 valence electrons. The fraction of sp³-hybridized carbons (Fsp3) is 0.417. The average Bonchev–Trinajstić information content (AvgIpc) is 2.74. The summed E-state index contributed by atoms with van der Waals surface area (Å²) in [4.78, 5) is 13.9. The van der Waals surface area contributed by atoms with E-state index in [9.17, 15) is 9.90 Å². The van der Waals surface area contributed by atoms with Crippen molar-refractivity contribution in [3.63, 3.8) is 0 Å². The summed E-state index contributed by atoms with van der Waals surface area (Å²) in [7, 11) is 0. The molecule has 0 aromatic heterocycles. The van der Waals surface area contributed by atoms with Gasteiger partial charge in [-0.05, 0) is 31.0 Å². The summed E-state index contributed by atoms with van der Waals surface area (Å²) in [6.07, 6.45) is 1.77. The molecule has 1 unspecified atom stereocenters. The number of amides is 1. The van der Waals surface area contributed by atoms with E-state index in [1.165, 1.54) is 0 Å². The van der Waals surface area contributed by atoms with Crippen LogP contribution in [0, 0.1) is 0 Å². The van der Waals surface area contributed by atoms with Gasteiger partial charge in [-0.3, -0.25) is 4.79 Å². The highest BCUT2D eigenvalue weighted by Crippen LogP contribution is 2.23. The van der Waals surface area contributed by atoms with Gasteiger partial charge in [0.1, 0.15) is 0 Å². The first-order chi connectivity index (χ1) is 8.11. The molecule has 1 aliphatic heterocycles. The first kappa shape index (κ1) is 12.2. The number of aliphatic hydroxyl groups is 1. The molecule has 1 amide bonds. The lowest BCUT2D eigenvalue weighted by molar-refractivity contribution is 0.0677. The number of aliphatic hydroxyl groups excluding tert-OH is 1. The molecule has 0 spiro atoms. The highest BCUT2D eigenvalue weighted by molar-refractivity contribution is 6.31. The lowest BCUT2D eigenvalue weighted by Crippen LogP contribution is -2.37. The lowest BCUT2D eigenvalue weighted by Gasteiger charge is -2.23. The van der Waals surface area contributed by atoms with Crippen molar-refractivity contribution in [3.05, 3.63) is 28.8 Å². The second-order valence-corrected chi connectivity index (χ2v) is 4.69. The van der Waals surface area contributed by atoms with Crippen LogP contribution in [0.5, 0.6) is 0 Å². The number of carbonyl (C=O) groups excluding carboxylic acids is 1. The summed E-state index contributed by atoms with van der Waals surface area (Å²) in [5.41, 5.74) is 6.61. The second kappa shape index (κ2) is 4.94. The molecule has 1 fully saturated rings. The Morgan fingerprint density at radius 3 is 2.94 bits per heavy atom. The number of nitrogens with zero attached hydrogens (tertiary/aromatic N) is 1. The van der Waals surface area contributed by atoms with Crippen LogP contribution in [0.3, 0.4) is 0 Å². The molecule has 1 atom stereocenters. The van der Waals surface area contributed by atoms with Crippen LogP contribution in [0.4, 0.5) is 5.69 Å². The zero-order chi connectivity index (χ0) is 12.4. The third-order valence-electron chi connectivity index (χ3n) is 3.02. The molecule has 1 aliphatic rings. The first-order valence-electron chi connectivity index (χ1n) is 5.59. The smallest absolute Gasteiger partial charge is 0.254 e. The van der Waals surface area contributed by atoms with Gasteiger partial charge < -0.3 is 15.7 Å². The summed E-state index contributed by atoms with van der Waals surface area (Å²) in [5.74, 6) is -0.115. The van der Waals surface area contributed by atoms with Gasteiger partial charge in [-0.1, -0.05) is 11.6 Å². The van der Waals surface area contributed by atoms with Gasteiger partial charge in [0.15, 0.2) is 0 Å². The number of hydrogen-bond acceptors (Lipinski definition) is 3. The Kier molecular flexibility index (Phi) is 3.54. The molecular formula is C12H15ClN2O2. The van der Waals surface area contributed by atoms with Gasteiger partial charge in [0.25, 0.3) is 5.91 Å². The van der Waals surface area contributed by atoms with Gasteiger partial charge in [0.05, 0.1) is 12.6 Å². The van der Waals surface area contributed by atoms with E-state index in [0.29, 0.717) is 22.8 Å². The minimum absolute atomic E-state index is 0.00177. The van der Waals surface area contributed by atoms with Gasteiger partial charge in [-0.25, -0.2) is 0 Å². The Labute approximate surface area is 105 Å². The number of likely N-dealkylation sites (tertiary alicyclic amines) is 1. The van der Waals surface area contributed by atoms with E-state index < -0.39 is 0 Å². The maximum Gasteiger partial charge on any atom is 0.254 e. The minimum Gasteiger partial charge on any atom is -0.399 e. The van der Waals surface area contributed by atoms with E-state index in [-0.39, 0.29) is 18.6 Å². The van der Waals surface area contributed by atoms with Gasteiger partial charge in [-0.15, -0.1) is 0 Å². The molecule has 17 heavy (non-hydrogen) atoms. The zero-order valence-electron chi connectivity index (χ0n) is 9.40. The molecule has 0 saturated carbocycles. The van der Waals surface area contributed by atoms with Crippen molar-refractivity contribution in [1.82, 2.24) is 4.90 Å². The highest BCUT2D eigenvalue weighted by atomic mass is 35.5. The summed E-state index contributed by atoms with van der Waals surface area (Å²) < 4.78 is 0. The molecule has 1 saturated heterocycles. The fourth-order valence-corrected chi connectivity index (χ4v) is 2.44. The second-order valence-electron chi connectivity index (χ2n) is 4.25. The number of hydrogen-bond donors (Lipinski definition) is 2. The van der Waals surface area contributed by atoms with E-state index in [1.807, 2.05) is 0 Å². The molecule has 3 N–H and O–H groups in total. The summed E-state index contributed by atoms with van der Waals surface area (Å²) >= 11 is 5.87. The van der Waals surface area contributed by atoms with E-state index in [4.69, 9.17) is 17.3 Å². The quantitative estimate of drug-likeness (QED) is 0.787. The number of halogens is 1. The summed E-state index contributed by atoms with van der Waals surface area (Å²) in [6, 6.07) is 4.74. The molecule has 1 aromatic rings. The number of nitrogen functional groups attached to an aromatic ring is 1. The monoisotopic (exact) mass is 254 g/mol. The predicted octanol–water partition coefficient (Wildman–Crippen LogP) is 1.52. The topological polar surface area (TPSA) is 66.6 Å². The minimum atomic E-state index is -0.115. The molecule has 1 aromatic carbocycles. The maximum atomic E-state index is 12.2.